The maximum absolute atomic E-state index is 12.8. The molecule has 2 atom stereocenters. The Kier molecular flexibility index (Phi) is 14.7. The van der Waals surface area contributed by atoms with Gasteiger partial charge in [0.15, 0.2) is 17.6 Å². The number of aromatic hydroxyl groups is 4. The van der Waals surface area contributed by atoms with Gasteiger partial charge in [0, 0.05) is 36.1 Å². The molecule has 0 aliphatic carbocycles. The minimum atomic E-state index is -0.773. The predicted octanol–water partition coefficient (Wildman–Crippen LogP) is 9.14. The second kappa shape index (κ2) is 18.4. The lowest BCUT2D eigenvalue weighted by Crippen LogP contribution is -2.34. The molecule has 0 bridgehead atoms. The molecule has 2 aromatic carbocycles. The first-order valence-electron chi connectivity index (χ1n) is 16.3. The average Bonchev–Trinajstić information content (AvgIpc) is 2.96. The lowest BCUT2D eigenvalue weighted by molar-refractivity contribution is -0.155. The number of carbonyl (C=O) groups excluding carboxylic acids is 1. The van der Waals surface area contributed by atoms with E-state index in [0.29, 0.717) is 17.5 Å². The third-order valence-electron chi connectivity index (χ3n) is 8.26. The number of hydrogen-bond acceptors (Lipinski definition) is 7. The van der Waals surface area contributed by atoms with Gasteiger partial charge in [0.2, 0.25) is 0 Å². The lowest BCUT2D eigenvalue weighted by Gasteiger charge is -2.34. The van der Waals surface area contributed by atoms with Gasteiger partial charge in [-0.15, -0.1) is 0 Å². The van der Waals surface area contributed by atoms with Gasteiger partial charge in [-0.1, -0.05) is 116 Å². The molecule has 1 aliphatic heterocycles. The van der Waals surface area contributed by atoms with Gasteiger partial charge in [0.1, 0.15) is 23.4 Å². The second-order valence-corrected chi connectivity index (χ2v) is 11.9. The van der Waals surface area contributed by atoms with Gasteiger partial charge in [-0.3, -0.25) is 4.79 Å². The second-order valence-electron chi connectivity index (χ2n) is 11.9. The molecule has 0 saturated carbocycles. The molecule has 1 heterocycles. The number of carbonyl (C=O) groups is 1. The van der Waals surface area contributed by atoms with Crippen molar-refractivity contribution < 1.29 is 34.7 Å². The molecular weight excluding hydrogens is 532 g/mol. The Morgan fingerprint density at radius 3 is 1.81 bits per heavy atom. The van der Waals surface area contributed by atoms with Crippen molar-refractivity contribution in [1.82, 2.24) is 0 Å². The van der Waals surface area contributed by atoms with Crippen LogP contribution >= 0.6 is 0 Å². The van der Waals surface area contributed by atoms with Crippen LogP contribution in [-0.2, 0) is 16.0 Å². The largest absolute Gasteiger partial charge is 0.508 e. The van der Waals surface area contributed by atoms with Crippen molar-refractivity contribution in [2.24, 2.45) is 0 Å². The number of unbranched alkanes of at least 4 members (excludes halogenated alkanes) is 16. The summed E-state index contributed by atoms with van der Waals surface area (Å²) in [5.41, 5.74) is 0.956. The van der Waals surface area contributed by atoms with Crippen molar-refractivity contribution in [2.45, 2.75) is 141 Å². The Hall–Kier alpha value is -3.09. The van der Waals surface area contributed by atoms with E-state index in [1.54, 1.807) is 6.07 Å². The Bertz CT molecular complexity index is 1080. The lowest BCUT2D eigenvalue weighted by atomic mass is 9.93. The fourth-order valence-corrected chi connectivity index (χ4v) is 5.77. The predicted molar refractivity (Wildman–Crippen MR) is 165 cm³/mol. The van der Waals surface area contributed by atoms with Crippen molar-refractivity contribution in [3.63, 3.8) is 0 Å². The van der Waals surface area contributed by atoms with Crippen LogP contribution in [0.3, 0.4) is 0 Å². The van der Waals surface area contributed by atoms with E-state index < -0.39 is 12.2 Å². The molecule has 0 aromatic heterocycles. The maximum Gasteiger partial charge on any atom is 0.306 e. The number of fused-ring (bicyclic) bond motifs is 1. The van der Waals surface area contributed by atoms with Gasteiger partial charge in [0.05, 0.1) is 0 Å². The summed E-state index contributed by atoms with van der Waals surface area (Å²) >= 11 is 0. The molecule has 0 fully saturated rings. The number of phenolic OH excluding ortho intramolecular Hbond substituents is 4. The van der Waals surface area contributed by atoms with Gasteiger partial charge in [-0.25, -0.2) is 0 Å². The molecule has 7 nitrogen and oxygen atoms in total. The van der Waals surface area contributed by atoms with Gasteiger partial charge in [-0.05, 0) is 18.6 Å². The first-order valence-corrected chi connectivity index (χ1v) is 16.3. The van der Waals surface area contributed by atoms with Crippen molar-refractivity contribution >= 4 is 5.97 Å². The van der Waals surface area contributed by atoms with E-state index in [-0.39, 0.29) is 41.1 Å². The Balaban J connectivity index is 1.31. The molecule has 4 N–H and O–H groups in total. The summed E-state index contributed by atoms with van der Waals surface area (Å²) in [7, 11) is 0. The molecule has 0 spiro atoms. The fraction of sp³-hybridized carbons (Fsp3) is 0.629. The first kappa shape index (κ1) is 33.4. The zero-order chi connectivity index (χ0) is 30.2. The van der Waals surface area contributed by atoms with E-state index >= 15 is 0 Å². The fourth-order valence-electron chi connectivity index (χ4n) is 5.77. The summed E-state index contributed by atoms with van der Waals surface area (Å²) in [6.07, 6.45) is 20.7. The van der Waals surface area contributed by atoms with E-state index in [2.05, 4.69) is 6.92 Å². The highest BCUT2D eigenvalue weighted by Crippen LogP contribution is 2.43. The molecule has 234 valence electrons. The molecule has 0 amide bonds. The van der Waals surface area contributed by atoms with Gasteiger partial charge >= 0.3 is 5.97 Å². The van der Waals surface area contributed by atoms with Crippen LogP contribution in [0, 0.1) is 0 Å². The number of benzene rings is 2. The highest BCUT2D eigenvalue weighted by atomic mass is 16.6. The Labute approximate surface area is 251 Å². The molecule has 0 saturated heterocycles. The highest BCUT2D eigenvalue weighted by Gasteiger charge is 2.36. The van der Waals surface area contributed by atoms with Crippen molar-refractivity contribution in [3.8, 4) is 28.7 Å². The van der Waals surface area contributed by atoms with E-state index in [1.807, 2.05) is 0 Å². The van der Waals surface area contributed by atoms with Crippen LogP contribution in [0.4, 0.5) is 0 Å². The van der Waals surface area contributed by atoms with Crippen LogP contribution < -0.4 is 4.74 Å². The quantitative estimate of drug-likeness (QED) is 0.0696. The van der Waals surface area contributed by atoms with Crippen LogP contribution in [-0.4, -0.2) is 32.5 Å². The minimum Gasteiger partial charge on any atom is -0.508 e. The molecule has 7 heteroatoms. The van der Waals surface area contributed by atoms with Gasteiger partial charge in [0.25, 0.3) is 0 Å². The molecular formula is C35H52O7. The summed E-state index contributed by atoms with van der Waals surface area (Å²) in [6, 6.07) is 6.93. The number of hydrogen-bond donors (Lipinski definition) is 4. The Morgan fingerprint density at radius 1 is 0.714 bits per heavy atom. The number of phenols is 4. The molecule has 0 radical (unpaired) electrons. The Morgan fingerprint density at radius 2 is 1.26 bits per heavy atom. The summed E-state index contributed by atoms with van der Waals surface area (Å²) in [6.45, 7) is 2.27. The van der Waals surface area contributed by atoms with Crippen LogP contribution in [0.15, 0.2) is 30.3 Å². The van der Waals surface area contributed by atoms with E-state index in [4.69, 9.17) is 9.47 Å². The van der Waals surface area contributed by atoms with Crippen LogP contribution in [0.5, 0.6) is 28.7 Å². The number of esters is 1. The first-order chi connectivity index (χ1) is 20.4. The van der Waals surface area contributed by atoms with Crippen molar-refractivity contribution in [3.05, 3.63) is 41.5 Å². The van der Waals surface area contributed by atoms with Gasteiger partial charge < -0.3 is 29.9 Å². The van der Waals surface area contributed by atoms with E-state index in [1.165, 1.54) is 114 Å². The van der Waals surface area contributed by atoms with E-state index in [9.17, 15) is 25.2 Å². The van der Waals surface area contributed by atoms with Crippen LogP contribution in [0.2, 0.25) is 0 Å². The van der Waals surface area contributed by atoms with E-state index in [0.717, 1.165) is 19.3 Å². The normalized spacial score (nSPS) is 16.1. The van der Waals surface area contributed by atoms with Crippen LogP contribution in [0.25, 0.3) is 0 Å². The minimum absolute atomic E-state index is 0.133. The summed E-state index contributed by atoms with van der Waals surface area (Å²) in [5.74, 6) is -0.907. The molecule has 3 rings (SSSR count). The summed E-state index contributed by atoms with van der Waals surface area (Å²) < 4.78 is 11.9. The molecule has 2 aromatic rings. The standard InChI is InChI=1S/C35H52O7/c1-2-3-4-5-6-7-8-9-10-11-12-13-14-15-16-17-18-19-34(40)41-33-25-28-30(38)23-27(36)24-32(28)42-35(33)26-20-21-29(37)31(39)22-26/h20-24,33,35-39H,2-19,25H2,1H3/t33-,35+/m0/s1. The number of ether oxygens (including phenoxy) is 2. The molecule has 1 aliphatic rings. The van der Waals surface area contributed by atoms with Crippen molar-refractivity contribution in [2.75, 3.05) is 0 Å². The zero-order valence-electron chi connectivity index (χ0n) is 25.5. The van der Waals surface area contributed by atoms with Crippen LogP contribution in [0.1, 0.15) is 140 Å². The SMILES string of the molecule is CCCCCCCCCCCCCCCCCCCC(=O)O[C@H]1Cc2c(O)cc(O)cc2O[C@@H]1c1ccc(O)c(O)c1. The molecule has 0 unspecified atom stereocenters. The number of rotatable bonds is 20. The topological polar surface area (TPSA) is 116 Å². The van der Waals surface area contributed by atoms with Gasteiger partial charge in [-0.2, -0.15) is 0 Å². The zero-order valence-corrected chi connectivity index (χ0v) is 25.5. The summed E-state index contributed by atoms with van der Waals surface area (Å²) in [5, 5.41) is 40.0. The maximum atomic E-state index is 12.8. The summed E-state index contributed by atoms with van der Waals surface area (Å²) in [4.78, 5) is 12.8. The average molecular weight is 585 g/mol. The molecule has 42 heavy (non-hydrogen) atoms. The van der Waals surface area contributed by atoms with Crippen molar-refractivity contribution in [1.29, 1.82) is 0 Å². The highest BCUT2D eigenvalue weighted by molar-refractivity contribution is 5.69. The third-order valence-corrected chi connectivity index (χ3v) is 8.26. The monoisotopic (exact) mass is 584 g/mol. The smallest absolute Gasteiger partial charge is 0.306 e. The third kappa shape index (κ3) is 11.3.